The molecular formula is C13H16ClN3O. The number of benzene rings is 1. The highest BCUT2D eigenvalue weighted by Crippen LogP contribution is 2.26. The van der Waals surface area contributed by atoms with Crippen molar-refractivity contribution in [3.63, 3.8) is 0 Å². The Kier molecular flexibility index (Phi) is 4.43. The number of nitrogens with one attached hydrogen (secondary N) is 1. The summed E-state index contributed by atoms with van der Waals surface area (Å²) in [7, 11) is 0. The minimum atomic E-state index is 0.210. The lowest BCUT2D eigenvalue weighted by atomic mass is 10.0. The Morgan fingerprint density at radius 1 is 1.56 bits per heavy atom. The Labute approximate surface area is 112 Å². The van der Waals surface area contributed by atoms with Crippen LogP contribution in [0.3, 0.4) is 0 Å². The van der Waals surface area contributed by atoms with E-state index in [9.17, 15) is 0 Å². The lowest BCUT2D eigenvalue weighted by Gasteiger charge is -2.23. The molecule has 1 heterocycles. The number of rotatable bonds is 3. The molecule has 1 fully saturated rings. The standard InChI is InChI=1S/C13H16ClN3O/c14-13-10(5-9(7-15)6-12(13)16)1-2-11-8-17-3-4-18-11/h5-6,11,17H,1-4,8,16H2. The van der Waals surface area contributed by atoms with E-state index in [4.69, 9.17) is 27.3 Å². The maximum Gasteiger partial charge on any atom is 0.0992 e. The second-order valence-electron chi connectivity index (χ2n) is 4.39. The number of nitrogens with zero attached hydrogens (tertiary/aromatic N) is 1. The lowest BCUT2D eigenvalue weighted by Crippen LogP contribution is -2.38. The van der Waals surface area contributed by atoms with E-state index in [2.05, 4.69) is 11.4 Å². The molecule has 18 heavy (non-hydrogen) atoms. The average molecular weight is 266 g/mol. The number of nitrogen functional groups attached to an aromatic ring is 1. The van der Waals surface area contributed by atoms with Crippen molar-refractivity contribution in [3.05, 3.63) is 28.3 Å². The summed E-state index contributed by atoms with van der Waals surface area (Å²) in [5.41, 5.74) is 7.71. The Bertz CT molecular complexity index is 464. The molecule has 1 unspecified atom stereocenters. The minimum Gasteiger partial charge on any atom is -0.397 e. The van der Waals surface area contributed by atoms with E-state index in [1.165, 1.54) is 0 Å². The van der Waals surface area contributed by atoms with E-state index in [1.807, 2.05) is 0 Å². The fourth-order valence-corrected chi connectivity index (χ4v) is 2.28. The van der Waals surface area contributed by atoms with Gasteiger partial charge < -0.3 is 15.8 Å². The SMILES string of the molecule is N#Cc1cc(N)c(Cl)c(CCC2CNCCO2)c1. The van der Waals surface area contributed by atoms with E-state index >= 15 is 0 Å². The molecule has 1 aromatic rings. The second kappa shape index (κ2) is 6.05. The van der Waals surface area contributed by atoms with Crippen LogP contribution in [0.25, 0.3) is 0 Å². The summed E-state index contributed by atoms with van der Waals surface area (Å²) in [6, 6.07) is 5.49. The van der Waals surface area contributed by atoms with Crippen molar-refractivity contribution in [2.24, 2.45) is 0 Å². The topological polar surface area (TPSA) is 71.1 Å². The van der Waals surface area contributed by atoms with E-state index in [-0.39, 0.29) is 6.10 Å². The molecule has 0 aliphatic carbocycles. The van der Waals surface area contributed by atoms with Gasteiger partial charge >= 0.3 is 0 Å². The molecule has 0 amide bonds. The molecule has 0 spiro atoms. The zero-order valence-electron chi connectivity index (χ0n) is 10.1. The molecule has 0 saturated carbocycles. The molecule has 5 heteroatoms. The first-order chi connectivity index (χ1) is 8.70. The van der Waals surface area contributed by atoms with Crippen LogP contribution in [0.1, 0.15) is 17.5 Å². The molecule has 0 bridgehead atoms. The first-order valence-corrected chi connectivity index (χ1v) is 6.39. The normalized spacial score (nSPS) is 19.4. The number of aryl methyl sites for hydroxylation is 1. The van der Waals surface area contributed by atoms with Crippen LogP contribution in [-0.4, -0.2) is 25.8 Å². The molecule has 2 rings (SSSR count). The minimum absolute atomic E-state index is 0.210. The highest BCUT2D eigenvalue weighted by atomic mass is 35.5. The van der Waals surface area contributed by atoms with Gasteiger partial charge in [0.2, 0.25) is 0 Å². The zero-order valence-corrected chi connectivity index (χ0v) is 10.8. The van der Waals surface area contributed by atoms with E-state index < -0.39 is 0 Å². The average Bonchev–Trinajstić information content (AvgIpc) is 2.41. The number of nitriles is 1. The molecule has 1 aromatic carbocycles. The summed E-state index contributed by atoms with van der Waals surface area (Å²) >= 11 is 6.15. The van der Waals surface area contributed by atoms with Crippen LogP contribution in [0, 0.1) is 11.3 Å². The monoisotopic (exact) mass is 265 g/mol. The van der Waals surface area contributed by atoms with E-state index in [0.29, 0.717) is 16.3 Å². The van der Waals surface area contributed by atoms with E-state index in [0.717, 1.165) is 38.1 Å². The number of halogens is 1. The van der Waals surface area contributed by atoms with Gasteiger partial charge in [-0.2, -0.15) is 5.26 Å². The fraction of sp³-hybridized carbons (Fsp3) is 0.462. The third-order valence-corrected chi connectivity index (χ3v) is 3.51. The van der Waals surface area contributed by atoms with Gasteiger partial charge in [-0.25, -0.2) is 0 Å². The predicted molar refractivity (Wildman–Crippen MR) is 71.5 cm³/mol. The second-order valence-corrected chi connectivity index (χ2v) is 4.76. The van der Waals surface area contributed by atoms with Crippen LogP contribution in [0.15, 0.2) is 12.1 Å². The van der Waals surface area contributed by atoms with Gasteiger partial charge in [0.05, 0.1) is 35.1 Å². The first kappa shape index (κ1) is 13.2. The fourth-order valence-electron chi connectivity index (χ4n) is 2.08. The highest BCUT2D eigenvalue weighted by molar-refractivity contribution is 6.33. The molecule has 0 radical (unpaired) electrons. The lowest BCUT2D eigenvalue weighted by molar-refractivity contribution is 0.0238. The maximum atomic E-state index is 8.91. The van der Waals surface area contributed by atoms with Gasteiger partial charge in [0.25, 0.3) is 0 Å². The molecule has 96 valence electrons. The molecule has 4 nitrogen and oxygen atoms in total. The summed E-state index contributed by atoms with van der Waals surface area (Å²) in [6.45, 7) is 2.53. The van der Waals surface area contributed by atoms with Crippen LogP contribution in [0.2, 0.25) is 5.02 Å². The maximum absolute atomic E-state index is 8.91. The number of morpholine rings is 1. The van der Waals surface area contributed by atoms with Crippen molar-refractivity contribution >= 4 is 17.3 Å². The largest absolute Gasteiger partial charge is 0.397 e. The van der Waals surface area contributed by atoms with Gasteiger partial charge in [-0.05, 0) is 30.5 Å². The zero-order chi connectivity index (χ0) is 13.0. The number of nitrogens with two attached hydrogens (primary N) is 1. The quantitative estimate of drug-likeness (QED) is 0.817. The smallest absolute Gasteiger partial charge is 0.0992 e. The number of hydrogen-bond donors (Lipinski definition) is 2. The summed E-state index contributed by atoms with van der Waals surface area (Å²) in [5.74, 6) is 0. The van der Waals surface area contributed by atoms with Gasteiger partial charge in [-0.15, -0.1) is 0 Å². The molecule has 0 aromatic heterocycles. The third kappa shape index (κ3) is 3.14. The molecule has 1 atom stereocenters. The van der Waals surface area contributed by atoms with Gasteiger partial charge in [0.1, 0.15) is 0 Å². The van der Waals surface area contributed by atoms with Crippen LogP contribution >= 0.6 is 11.6 Å². The predicted octanol–water partition coefficient (Wildman–Crippen LogP) is 1.71. The van der Waals surface area contributed by atoms with Crippen LogP contribution in [-0.2, 0) is 11.2 Å². The first-order valence-electron chi connectivity index (χ1n) is 6.01. The summed E-state index contributed by atoms with van der Waals surface area (Å²) in [6.07, 6.45) is 1.85. The molecule has 3 N–H and O–H groups in total. The summed E-state index contributed by atoms with van der Waals surface area (Å²) in [4.78, 5) is 0. The van der Waals surface area contributed by atoms with Crippen molar-refractivity contribution < 1.29 is 4.74 Å². The Morgan fingerprint density at radius 3 is 3.06 bits per heavy atom. The van der Waals surface area contributed by atoms with Crippen molar-refractivity contribution in [3.8, 4) is 6.07 Å². The van der Waals surface area contributed by atoms with Crippen LogP contribution in [0.4, 0.5) is 5.69 Å². The summed E-state index contributed by atoms with van der Waals surface area (Å²) < 4.78 is 5.62. The summed E-state index contributed by atoms with van der Waals surface area (Å²) in [5, 5.41) is 12.7. The van der Waals surface area contributed by atoms with Crippen molar-refractivity contribution in [2.45, 2.75) is 18.9 Å². The van der Waals surface area contributed by atoms with Gasteiger partial charge in [-0.3, -0.25) is 0 Å². The van der Waals surface area contributed by atoms with Crippen molar-refractivity contribution in [2.75, 3.05) is 25.4 Å². The van der Waals surface area contributed by atoms with Crippen molar-refractivity contribution in [1.29, 1.82) is 5.26 Å². The van der Waals surface area contributed by atoms with Crippen molar-refractivity contribution in [1.82, 2.24) is 5.32 Å². The Balaban J connectivity index is 2.04. The third-order valence-electron chi connectivity index (χ3n) is 3.05. The molecule has 1 saturated heterocycles. The van der Waals surface area contributed by atoms with Crippen LogP contribution in [0.5, 0.6) is 0 Å². The van der Waals surface area contributed by atoms with Gasteiger partial charge in [0.15, 0.2) is 0 Å². The Hall–Kier alpha value is -1.28. The van der Waals surface area contributed by atoms with E-state index in [1.54, 1.807) is 12.1 Å². The molecular weight excluding hydrogens is 250 g/mol. The van der Waals surface area contributed by atoms with Crippen LogP contribution < -0.4 is 11.1 Å². The molecule has 1 aliphatic rings. The molecule has 1 aliphatic heterocycles. The number of hydrogen-bond acceptors (Lipinski definition) is 4. The Morgan fingerprint density at radius 2 is 2.39 bits per heavy atom. The van der Waals surface area contributed by atoms with Gasteiger partial charge in [0, 0.05) is 13.1 Å². The van der Waals surface area contributed by atoms with Gasteiger partial charge in [-0.1, -0.05) is 11.6 Å². The number of ether oxygens (including phenoxy) is 1. The highest BCUT2D eigenvalue weighted by Gasteiger charge is 2.15. The number of anilines is 1.